The zero-order chi connectivity index (χ0) is 29.0. The summed E-state index contributed by atoms with van der Waals surface area (Å²) in [5.41, 5.74) is 9.86. The van der Waals surface area contributed by atoms with E-state index < -0.39 is 0 Å². The summed E-state index contributed by atoms with van der Waals surface area (Å²) in [5, 5.41) is 0.0558. The maximum absolute atomic E-state index is 13.7. The molecule has 4 heterocycles. The summed E-state index contributed by atoms with van der Waals surface area (Å²) < 4.78 is 11.1. The highest BCUT2D eigenvalue weighted by molar-refractivity contribution is 6.41. The van der Waals surface area contributed by atoms with Gasteiger partial charge in [0.1, 0.15) is 17.5 Å². The third kappa shape index (κ3) is 6.01. The Bertz CT molecular complexity index is 1450. The van der Waals surface area contributed by atoms with Gasteiger partial charge in [0.15, 0.2) is 11.6 Å². The number of aromatic nitrogens is 4. The SMILES string of the molecule is CCN(CC)CCOCC(=O)c1c[nH]c(/C=C2\C(=O)N(Cc3ncc(C)c(OC)c3C)c3nc(N)nc(Cl)c32)c1. The molecule has 0 fully saturated rings. The van der Waals surface area contributed by atoms with Crippen molar-refractivity contribution in [2.75, 3.05) is 50.6 Å². The second kappa shape index (κ2) is 12.6. The van der Waals surface area contributed by atoms with Crippen molar-refractivity contribution in [1.82, 2.24) is 24.8 Å². The molecule has 1 amide bonds. The number of carbonyl (C=O) groups excluding carboxylic acids is 2. The van der Waals surface area contributed by atoms with Crippen LogP contribution in [0.15, 0.2) is 18.5 Å². The van der Waals surface area contributed by atoms with E-state index in [4.69, 9.17) is 26.8 Å². The van der Waals surface area contributed by atoms with Gasteiger partial charge in [-0.15, -0.1) is 0 Å². The summed E-state index contributed by atoms with van der Waals surface area (Å²) in [6, 6.07) is 1.67. The average molecular weight is 568 g/mol. The predicted molar refractivity (Wildman–Crippen MR) is 155 cm³/mol. The summed E-state index contributed by atoms with van der Waals surface area (Å²) in [6.45, 7) is 11.2. The van der Waals surface area contributed by atoms with Crippen LogP contribution in [0.4, 0.5) is 11.8 Å². The maximum atomic E-state index is 13.7. The van der Waals surface area contributed by atoms with E-state index >= 15 is 0 Å². The van der Waals surface area contributed by atoms with Crippen LogP contribution in [-0.2, 0) is 16.1 Å². The fourth-order valence-corrected chi connectivity index (χ4v) is 4.94. The van der Waals surface area contributed by atoms with E-state index in [2.05, 4.69) is 38.7 Å². The summed E-state index contributed by atoms with van der Waals surface area (Å²) in [6.07, 6.45) is 4.92. The molecule has 0 unspecified atom stereocenters. The van der Waals surface area contributed by atoms with Gasteiger partial charge in [0, 0.05) is 41.3 Å². The van der Waals surface area contributed by atoms with Crippen molar-refractivity contribution in [2.24, 2.45) is 0 Å². The van der Waals surface area contributed by atoms with Crippen LogP contribution in [-0.4, -0.2) is 76.5 Å². The van der Waals surface area contributed by atoms with E-state index in [9.17, 15) is 9.59 Å². The first-order valence-corrected chi connectivity index (χ1v) is 13.4. The van der Waals surface area contributed by atoms with Gasteiger partial charge in [-0.05, 0) is 39.1 Å². The van der Waals surface area contributed by atoms with E-state index in [1.54, 1.807) is 31.6 Å². The Kier molecular flexibility index (Phi) is 9.18. The number of methoxy groups -OCH3 is 1. The number of ether oxygens (including phenoxy) is 2. The molecule has 40 heavy (non-hydrogen) atoms. The molecule has 1 aliphatic rings. The van der Waals surface area contributed by atoms with Gasteiger partial charge in [0.05, 0.1) is 37.1 Å². The van der Waals surface area contributed by atoms with Gasteiger partial charge in [-0.1, -0.05) is 25.4 Å². The van der Waals surface area contributed by atoms with Crippen LogP contribution in [0.25, 0.3) is 11.6 Å². The third-order valence-electron chi connectivity index (χ3n) is 6.93. The number of nitrogens with one attached hydrogen (secondary N) is 1. The monoisotopic (exact) mass is 567 g/mol. The first-order chi connectivity index (χ1) is 19.2. The predicted octanol–water partition coefficient (Wildman–Crippen LogP) is 3.69. The van der Waals surface area contributed by atoms with Crippen LogP contribution in [0.2, 0.25) is 5.15 Å². The van der Waals surface area contributed by atoms with E-state index in [0.29, 0.717) is 40.7 Å². The molecule has 0 spiro atoms. The lowest BCUT2D eigenvalue weighted by atomic mass is 10.1. The Labute approximate surface area is 238 Å². The molecule has 0 aromatic carbocycles. The lowest BCUT2D eigenvalue weighted by Gasteiger charge is -2.19. The smallest absolute Gasteiger partial charge is 0.260 e. The topological polar surface area (TPSA) is 140 Å². The molecular formula is C28H34ClN7O4. The molecule has 3 aromatic heterocycles. The molecule has 0 saturated carbocycles. The van der Waals surface area contributed by atoms with Gasteiger partial charge in [-0.25, -0.2) is 4.98 Å². The average Bonchev–Trinajstić information content (AvgIpc) is 3.49. The van der Waals surface area contributed by atoms with Crippen molar-refractivity contribution >= 4 is 46.7 Å². The quantitative estimate of drug-likeness (QED) is 0.145. The molecule has 4 rings (SSSR count). The molecule has 0 radical (unpaired) electrons. The molecule has 12 heteroatoms. The minimum absolute atomic E-state index is 0.0318. The Morgan fingerprint density at radius 1 is 1.25 bits per heavy atom. The van der Waals surface area contributed by atoms with Crippen molar-refractivity contribution < 1.29 is 19.1 Å². The van der Waals surface area contributed by atoms with Crippen LogP contribution < -0.4 is 15.4 Å². The first kappa shape index (κ1) is 29.2. The molecule has 3 aromatic rings. The number of amides is 1. The van der Waals surface area contributed by atoms with Crippen molar-refractivity contribution in [3.63, 3.8) is 0 Å². The lowest BCUT2D eigenvalue weighted by Crippen LogP contribution is -2.27. The Morgan fingerprint density at radius 3 is 2.70 bits per heavy atom. The van der Waals surface area contributed by atoms with Crippen LogP contribution in [0, 0.1) is 13.8 Å². The molecule has 0 saturated heterocycles. The van der Waals surface area contributed by atoms with E-state index in [-0.39, 0.29) is 41.5 Å². The third-order valence-corrected chi connectivity index (χ3v) is 7.20. The Balaban J connectivity index is 1.58. The number of nitrogens with two attached hydrogens (primary N) is 1. The summed E-state index contributed by atoms with van der Waals surface area (Å²) in [7, 11) is 1.60. The Morgan fingerprint density at radius 2 is 2.00 bits per heavy atom. The van der Waals surface area contributed by atoms with Gasteiger partial charge >= 0.3 is 0 Å². The number of pyridine rings is 1. The van der Waals surface area contributed by atoms with Crippen LogP contribution in [0.1, 0.15) is 52.3 Å². The van der Waals surface area contributed by atoms with Crippen molar-refractivity contribution in [3.8, 4) is 5.75 Å². The van der Waals surface area contributed by atoms with Crippen molar-refractivity contribution in [3.05, 3.63) is 57.3 Å². The number of halogens is 1. The fourth-order valence-electron chi connectivity index (χ4n) is 4.67. The number of nitrogens with zero attached hydrogens (tertiary/aromatic N) is 5. The van der Waals surface area contributed by atoms with E-state index in [0.717, 1.165) is 30.8 Å². The van der Waals surface area contributed by atoms with E-state index in [1.165, 1.54) is 4.90 Å². The molecule has 0 aliphatic carbocycles. The van der Waals surface area contributed by atoms with Gasteiger partial charge < -0.3 is 25.1 Å². The highest BCUT2D eigenvalue weighted by Crippen LogP contribution is 2.41. The number of nitrogen functional groups attached to an aromatic ring is 1. The molecule has 212 valence electrons. The highest BCUT2D eigenvalue weighted by atomic mass is 35.5. The number of carbonyl (C=O) groups is 2. The zero-order valence-corrected chi connectivity index (χ0v) is 24.1. The Hall–Kier alpha value is -3.80. The number of aryl methyl sites for hydroxylation is 1. The number of H-pyrrole nitrogens is 1. The van der Waals surface area contributed by atoms with E-state index in [1.807, 2.05) is 13.8 Å². The standard InChI is InChI=1S/C28H34ClN7O4/c1-6-35(7-2)8-9-40-15-22(37)18-10-19(31-13-18)11-20-23-25(29)33-28(30)34-26(23)36(27(20)38)14-21-17(4)24(39-5)16(3)12-32-21/h10-13,31H,6-9,14-15H2,1-5H3,(H2,30,33,34)/b20-11-. The number of anilines is 2. The largest absolute Gasteiger partial charge is 0.496 e. The number of ketones is 1. The molecular weight excluding hydrogens is 534 g/mol. The van der Waals surface area contributed by atoms with Gasteiger partial charge in [-0.2, -0.15) is 4.98 Å². The molecule has 0 atom stereocenters. The molecule has 11 nitrogen and oxygen atoms in total. The number of likely N-dealkylation sites (N-methyl/N-ethyl adjacent to an activating group) is 1. The number of aromatic amines is 1. The summed E-state index contributed by atoms with van der Waals surface area (Å²) >= 11 is 6.47. The minimum Gasteiger partial charge on any atom is -0.496 e. The number of hydrogen-bond donors (Lipinski definition) is 2. The first-order valence-electron chi connectivity index (χ1n) is 13.1. The van der Waals surface area contributed by atoms with Crippen molar-refractivity contribution in [1.29, 1.82) is 0 Å². The summed E-state index contributed by atoms with van der Waals surface area (Å²) in [4.78, 5) is 46.0. The zero-order valence-electron chi connectivity index (χ0n) is 23.4. The lowest BCUT2D eigenvalue weighted by molar-refractivity contribution is -0.113. The van der Waals surface area contributed by atoms with Crippen LogP contribution in [0.3, 0.4) is 0 Å². The molecule has 1 aliphatic heterocycles. The van der Waals surface area contributed by atoms with Gasteiger partial charge in [0.2, 0.25) is 5.95 Å². The number of Topliss-reactive ketones (excluding diaryl/α,β-unsaturated/α-hetero) is 1. The molecule has 0 bridgehead atoms. The van der Waals surface area contributed by atoms with Crippen LogP contribution in [0.5, 0.6) is 5.75 Å². The number of rotatable bonds is 12. The normalized spacial score (nSPS) is 13.9. The summed E-state index contributed by atoms with van der Waals surface area (Å²) in [5.74, 6) is 0.430. The molecule has 3 N–H and O–H groups in total. The van der Waals surface area contributed by atoms with Gasteiger partial charge in [-0.3, -0.25) is 19.5 Å². The second-order valence-electron chi connectivity index (χ2n) is 9.41. The number of fused-ring (bicyclic) bond motifs is 1. The second-order valence-corrected chi connectivity index (χ2v) is 9.77. The van der Waals surface area contributed by atoms with Crippen LogP contribution >= 0.6 is 11.6 Å². The number of hydrogen-bond acceptors (Lipinski definition) is 9. The maximum Gasteiger partial charge on any atom is 0.260 e. The van der Waals surface area contributed by atoms with Crippen molar-refractivity contribution in [2.45, 2.75) is 34.2 Å². The minimum atomic E-state index is -0.347. The highest BCUT2D eigenvalue weighted by Gasteiger charge is 2.37. The fraction of sp³-hybridized carbons (Fsp3) is 0.393. The van der Waals surface area contributed by atoms with Gasteiger partial charge in [0.25, 0.3) is 5.91 Å².